The highest BCUT2D eigenvalue weighted by molar-refractivity contribution is 9.10. The van der Waals surface area contributed by atoms with Crippen molar-refractivity contribution in [1.29, 1.82) is 0 Å². The van der Waals surface area contributed by atoms with Crippen molar-refractivity contribution in [1.82, 2.24) is 0 Å². The molecule has 1 aromatic heterocycles. The van der Waals surface area contributed by atoms with Gasteiger partial charge in [0.05, 0.1) is 14.2 Å². The molecule has 1 heterocycles. The summed E-state index contributed by atoms with van der Waals surface area (Å²) >= 11 is 16.8. The molecule has 0 saturated heterocycles. The van der Waals surface area contributed by atoms with E-state index in [-0.39, 0.29) is 5.82 Å². The van der Waals surface area contributed by atoms with Crippen LogP contribution in [-0.2, 0) is 0 Å². The molecule has 1 atom stereocenters. The van der Waals surface area contributed by atoms with Gasteiger partial charge in [0.15, 0.2) is 0 Å². The van der Waals surface area contributed by atoms with E-state index < -0.39 is 5.38 Å². The lowest BCUT2D eigenvalue weighted by molar-refractivity contribution is 0.606. The fourth-order valence-corrected chi connectivity index (χ4v) is 3.44. The maximum atomic E-state index is 13.9. The maximum absolute atomic E-state index is 13.9. The van der Waals surface area contributed by atoms with Gasteiger partial charge < -0.3 is 0 Å². The molecule has 0 bridgehead atoms. The predicted octanol–water partition coefficient (Wildman–Crippen LogP) is 5.94. The molecular weight excluding hydrogens is 346 g/mol. The lowest BCUT2D eigenvalue weighted by atomic mass is 10.1. The molecule has 0 spiro atoms. The first-order chi connectivity index (χ1) is 8.00. The number of aryl methyl sites for hydroxylation is 1. The molecule has 0 amide bonds. The third-order valence-corrected chi connectivity index (χ3v) is 5.21. The first-order valence-corrected chi connectivity index (χ1v) is 7.27. The molecule has 0 saturated carbocycles. The third kappa shape index (κ3) is 2.68. The van der Waals surface area contributed by atoms with Crippen molar-refractivity contribution < 1.29 is 4.39 Å². The van der Waals surface area contributed by atoms with Crippen LogP contribution in [0.5, 0.6) is 0 Å². The second-order valence-electron chi connectivity index (χ2n) is 3.61. The van der Waals surface area contributed by atoms with Gasteiger partial charge in [-0.1, -0.05) is 23.7 Å². The molecule has 0 aliphatic carbocycles. The SMILES string of the molecule is Cc1cc(C(Cl)c2cccc(Br)c2F)sc1Cl. The summed E-state index contributed by atoms with van der Waals surface area (Å²) < 4.78 is 15.0. The highest BCUT2D eigenvalue weighted by atomic mass is 79.9. The van der Waals surface area contributed by atoms with E-state index in [9.17, 15) is 4.39 Å². The van der Waals surface area contributed by atoms with E-state index in [1.807, 2.05) is 13.0 Å². The predicted molar refractivity (Wildman–Crippen MR) is 75.9 cm³/mol. The van der Waals surface area contributed by atoms with E-state index in [4.69, 9.17) is 23.2 Å². The van der Waals surface area contributed by atoms with Gasteiger partial charge in [0, 0.05) is 10.4 Å². The molecule has 0 N–H and O–H groups in total. The van der Waals surface area contributed by atoms with Gasteiger partial charge in [-0.05, 0) is 40.5 Å². The summed E-state index contributed by atoms with van der Waals surface area (Å²) in [5.41, 5.74) is 1.42. The molecule has 0 nitrogen and oxygen atoms in total. The largest absolute Gasteiger partial charge is 0.205 e. The Morgan fingerprint density at radius 1 is 1.41 bits per heavy atom. The van der Waals surface area contributed by atoms with Crippen LogP contribution in [0.1, 0.15) is 21.4 Å². The Labute approximate surface area is 121 Å². The summed E-state index contributed by atoms with van der Waals surface area (Å²) in [5, 5.41) is -0.510. The van der Waals surface area contributed by atoms with Gasteiger partial charge in [-0.2, -0.15) is 0 Å². The Morgan fingerprint density at radius 2 is 2.12 bits per heavy atom. The highest BCUT2D eigenvalue weighted by Crippen LogP contribution is 2.39. The Balaban J connectivity index is 2.43. The standard InChI is InChI=1S/C12H8BrCl2FS/c1-6-5-9(17-12(6)15)10(14)7-3-2-4-8(13)11(7)16/h2-5,10H,1H3. The van der Waals surface area contributed by atoms with E-state index in [0.717, 1.165) is 10.4 Å². The number of benzene rings is 1. The van der Waals surface area contributed by atoms with Crippen LogP contribution in [0.25, 0.3) is 0 Å². The molecule has 2 aromatic rings. The first-order valence-electron chi connectivity index (χ1n) is 4.84. The van der Waals surface area contributed by atoms with Gasteiger partial charge in [-0.25, -0.2) is 4.39 Å². The van der Waals surface area contributed by atoms with E-state index in [1.54, 1.807) is 18.2 Å². The quantitative estimate of drug-likeness (QED) is 0.586. The highest BCUT2D eigenvalue weighted by Gasteiger charge is 2.19. The van der Waals surface area contributed by atoms with Crippen LogP contribution >= 0.6 is 50.5 Å². The van der Waals surface area contributed by atoms with Crippen LogP contribution in [0.2, 0.25) is 4.34 Å². The van der Waals surface area contributed by atoms with Crippen LogP contribution in [0.15, 0.2) is 28.7 Å². The maximum Gasteiger partial charge on any atom is 0.142 e. The summed E-state index contributed by atoms with van der Waals surface area (Å²) in [5.74, 6) is -0.324. The zero-order chi connectivity index (χ0) is 12.6. The molecule has 2 rings (SSSR count). The van der Waals surface area contributed by atoms with Crippen molar-refractivity contribution >= 4 is 50.5 Å². The molecule has 90 valence electrons. The van der Waals surface area contributed by atoms with Crippen LogP contribution in [0.3, 0.4) is 0 Å². The molecule has 1 unspecified atom stereocenters. The van der Waals surface area contributed by atoms with Gasteiger partial charge in [0.25, 0.3) is 0 Å². The molecule has 0 fully saturated rings. The zero-order valence-electron chi connectivity index (χ0n) is 8.81. The second-order valence-corrected chi connectivity index (χ2v) is 6.59. The van der Waals surface area contributed by atoms with Crippen molar-refractivity contribution in [3.05, 3.63) is 54.9 Å². The third-order valence-electron chi connectivity index (χ3n) is 2.38. The van der Waals surface area contributed by atoms with Crippen LogP contribution in [-0.4, -0.2) is 0 Å². The summed E-state index contributed by atoms with van der Waals surface area (Å²) in [6, 6.07) is 6.99. The zero-order valence-corrected chi connectivity index (χ0v) is 12.7. The number of hydrogen-bond acceptors (Lipinski definition) is 1. The molecule has 0 aliphatic heterocycles. The summed E-state index contributed by atoms with van der Waals surface area (Å²) in [7, 11) is 0. The molecule has 1 aromatic carbocycles. The summed E-state index contributed by atoms with van der Waals surface area (Å²) in [4.78, 5) is 0.853. The van der Waals surface area contributed by atoms with Crippen molar-refractivity contribution in [2.45, 2.75) is 12.3 Å². The molecule has 0 aliphatic rings. The van der Waals surface area contributed by atoms with Crippen molar-refractivity contribution in [3.8, 4) is 0 Å². The molecule has 17 heavy (non-hydrogen) atoms. The van der Waals surface area contributed by atoms with Gasteiger partial charge in [-0.3, -0.25) is 0 Å². The van der Waals surface area contributed by atoms with Crippen LogP contribution < -0.4 is 0 Å². The van der Waals surface area contributed by atoms with E-state index in [1.165, 1.54) is 11.3 Å². The van der Waals surface area contributed by atoms with E-state index >= 15 is 0 Å². The Kier molecular flexibility index (Phi) is 4.14. The minimum absolute atomic E-state index is 0.324. The number of alkyl halides is 1. The van der Waals surface area contributed by atoms with Crippen molar-refractivity contribution in [2.24, 2.45) is 0 Å². The molecule has 5 heteroatoms. The Bertz CT molecular complexity index is 534. The van der Waals surface area contributed by atoms with Crippen LogP contribution in [0.4, 0.5) is 4.39 Å². The van der Waals surface area contributed by atoms with E-state index in [2.05, 4.69) is 15.9 Å². The van der Waals surface area contributed by atoms with Gasteiger partial charge in [-0.15, -0.1) is 22.9 Å². The average molecular weight is 354 g/mol. The Morgan fingerprint density at radius 3 is 2.71 bits per heavy atom. The lowest BCUT2D eigenvalue weighted by Crippen LogP contribution is -1.95. The fourth-order valence-electron chi connectivity index (χ4n) is 1.48. The molecule has 0 radical (unpaired) electrons. The smallest absolute Gasteiger partial charge is 0.142 e. The average Bonchev–Trinajstić information content (AvgIpc) is 2.62. The number of halogens is 4. The van der Waals surface area contributed by atoms with E-state index in [0.29, 0.717) is 14.4 Å². The minimum Gasteiger partial charge on any atom is -0.205 e. The van der Waals surface area contributed by atoms with Crippen LogP contribution in [0, 0.1) is 12.7 Å². The second kappa shape index (κ2) is 5.27. The number of thiophene rings is 1. The summed E-state index contributed by atoms with van der Waals surface area (Å²) in [6.07, 6.45) is 0. The summed E-state index contributed by atoms with van der Waals surface area (Å²) in [6.45, 7) is 1.91. The monoisotopic (exact) mass is 352 g/mol. The first kappa shape index (κ1) is 13.3. The van der Waals surface area contributed by atoms with Gasteiger partial charge in [0.1, 0.15) is 5.82 Å². The number of rotatable bonds is 2. The Hall–Kier alpha value is -0.0900. The minimum atomic E-state index is -0.510. The fraction of sp³-hybridized carbons (Fsp3) is 0.167. The van der Waals surface area contributed by atoms with Gasteiger partial charge in [0.2, 0.25) is 0 Å². The van der Waals surface area contributed by atoms with Gasteiger partial charge >= 0.3 is 0 Å². The van der Waals surface area contributed by atoms with Crippen molar-refractivity contribution in [3.63, 3.8) is 0 Å². The molecular formula is C12H8BrCl2FS. The topological polar surface area (TPSA) is 0 Å². The van der Waals surface area contributed by atoms with Crippen molar-refractivity contribution in [2.75, 3.05) is 0 Å². The number of hydrogen-bond donors (Lipinski definition) is 0. The normalized spacial score (nSPS) is 12.8. The lowest BCUT2D eigenvalue weighted by Gasteiger charge is -2.09.